The van der Waals surface area contributed by atoms with E-state index in [1.54, 1.807) is 0 Å². The van der Waals surface area contributed by atoms with Crippen molar-refractivity contribution in [2.24, 2.45) is 5.92 Å². The minimum Gasteiger partial charge on any atom is -0.317 e. The van der Waals surface area contributed by atoms with Crippen LogP contribution in [0.5, 0.6) is 0 Å². The van der Waals surface area contributed by atoms with Crippen LogP contribution in [0.2, 0.25) is 0 Å². The van der Waals surface area contributed by atoms with Crippen molar-refractivity contribution < 1.29 is 0 Å². The second-order valence-electron chi connectivity index (χ2n) is 4.08. The molecular weight excluding hydrogens is 166 g/mol. The van der Waals surface area contributed by atoms with E-state index in [0.29, 0.717) is 0 Å². The Kier molecular flexibility index (Phi) is 3.35. The Hall–Kier alpha value is 0.310. The van der Waals surface area contributed by atoms with Crippen LogP contribution in [-0.4, -0.2) is 24.1 Å². The molecule has 1 aliphatic heterocycles. The van der Waals surface area contributed by atoms with Crippen LogP contribution in [0.4, 0.5) is 0 Å². The Balaban J connectivity index is 1.58. The number of thioether (sulfide) groups is 1. The molecule has 70 valence electrons. The van der Waals surface area contributed by atoms with Crippen LogP contribution in [0.15, 0.2) is 0 Å². The molecule has 1 nitrogen and oxygen atoms in total. The lowest BCUT2D eigenvalue weighted by atomic mass is 10.00. The molecule has 1 aliphatic carbocycles. The van der Waals surface area contributed by atoms with Crippen molar-refractivity contribution in [3.63, 3.8) is 0 Å². The van der Waals surface area contributed by atoms with Crippen LogP contribution in [0.25, 0.3) is 0 Å². The van der Waals surface area contributed by atoms with Crippen molar-refractivity contribution in [3.8, 4) is 0 Å². The molecule has 0 amide bonds. The summed E-state index contributed by atoms with van der Waals surface area (Å²) in [5.74, 6) is 2.46. The monoisotopic (exact) mass is 185 g/mol. The predicted molar refractivity (Wildman–Crippen MR) is 55.7 cm³/mol. The Labute approximate surface area is 79.7 Å². The minimum atomic E-state index is 1.02. The van der Waals surface area contributed by atoms with E-state index in [9.17, 15) is 0 Å². The fraction of sp³-hybridized carbons (Fsp3) is 1.00. The van der Waals surface area contributed by atoms with Gasteiger partial charge in [0.05, 0.1) is 0 Å². The largest absolute Gasteiger partial charge is 0.317 e. The van der Waals surface area contributed by atoms with Gasteiger partial charge in [-0.05, 0) is 50.4 Å². The molecular formula is C10H19NS. The van der Waals surface area contributed by atoms with Gasteiger partial charge < -0.3 is 5.32 Å². The molecule has 0 bridgehead atoms. The van der Waals surface area contributed by atoms with Gasteiger partial charge in [0.1, 0.15) is 0 Å². The maximum absolute atomic E-state index is 3.42. The van der Waals surface area contributed by atoms with Gasteiger partial charge in [0.2, 0.25) is 0 Å². The number of nitrogens with one attached hydrogen (secondary N) is 1. The van der Waals surface area contributed by atoms with E-state index in [0.717, 1.165) is 11.2 Å². The molecule has 1 saturated carbocycles. The second kappa shape index (κ2) is 4.52. The van der Waals surface area contributed by atoms with Crippen LogP contribution in [0.3, 0.4) is 0 Å². The zero-order valence-corrected chi connectivity index (χ0v) is 8.54. The van der Waals surface area contributed by atoms with Crippen LogP contribution in [0, 0.1) is 5.92 Å². The molecule has 12 heavy (non-hydrogen) atoms. The topological polar surface area (TPSA) is 12.0 Å². The van der Waals surface area contributed by atoms with Crippen molar-refractivity contribution in [1.82, 2.24) is 5.32 Å². The summed E-state index contributed by atoms with van der Waals surface area (Å²) in [7, 11) is 0. The lowest BCUT2D eigenvalue weighted by Crippen LogP contribution is -2.29. The first kappa shape index (κ1) is 8.89. The number of hydrogen-bond acceptors (Lipinski definition) is 2. The van der Waals surface area contributed by atoms with Gasteiger partial charge in [0, 0.05) is 5.25 Å². The van der Waals surface area contributed by atoms with Crippen LogP contribution in [0.1, 0.15) is 32.1 Å². The van der Waals surface area contributed by atoms with Crippen molar-refractivity contribution >= 4 is 11.8 Å². The van der Waals surface area contributed by atoms with Gasteiger partial charge in [0.25, 0.3) is 0 Å². The molecule has 0 aromatic rings. The van der Waals surface area contributed by atoms with Gasteiger partial charge in [-0.15, -0.1) is 0 Å². The molecule has 1 heterocycles. The summed E-state index contributed by atoms with van der Waals surface area (Å²) in [6, 6.07) is 0. The second-order valence-corrected chi connectivity index (χ2v) is 5.41. The summed E-state index contributed by atoms with van der Waals surface area (Å²) in [4.78, 5) is 0. The van der Waals surface area contributed by atoms with E-state index < -0.39 is 0 Å². The fourth-order valence-corrected chi connectivity index (χ4v) is 3.40. The molecule has 0 aromatic carbocycles. The minimum absolute atomic E-state index is 1.02. The quantitative estimate of drug-likeness (QED) is 0.724. The summed E-state index contributed by atoms with van der Waals surface area (Å²) in [5, 5.41) is 4.46. The normalized spacial score (nSPS) is 27.0. The number of hydrogen-bond donors (Lipinski definition) is 1. The van der Waals surface area contributed by atoms with E-state index >= 15 is 0 Å². The molecule has 2 aliphatic rings. The van der Waals surface area contributed by atoms with Crippen molar-refractivity contribution in [2.75, 3.05) is 18.8 Å². The molecule has 0 aromatic heterocycles. The smallest absolute Gasteiger partial charge is 0.00471 e. The maximum Gasteiger partial charge on any atom is 0.00471 e. The number of piperidine rings is 1. The standard InChI is InChI=1S/C10H19NS/c1-2-10(3-1)12-8-9-4-6-11-7-5-9/h9-11H,1-8H2. The Morgan fingerprint density at radius 1 is 1.08 bits per heavy atom. The summed E-state index contributed by atoms with van der Waals surface area (Å²) in [6.45, 7) is 2.52. The first-order chi connectivity index (χ1) is 5.95. The zero-order valence-electron chi connectivity index (χ0n) is 7.72. The predicted octanol–water partition coefficient (Wildman–Crippen LogP) is 2.27. The van der Waals surface area contributed by atoms with Crippen molar-refractivity contribution in [2.45, 2.75) is 37.4 Å². The molecule has 0 spiro atoms. The highest BCUT2D eigenvalue weighted by Crippen LogP contribution is 2.33. The molecule has 2 fully saturated rings. The third kappa shape index (κ3) is 2.40. The first-order valence-electron chi connectivity index (χ1n) is 5.27. The third-order valence-electron chi connectivity index (χ3n) is 3.08. The van der Waals surface area contributed by atoms with Crippen molar-refractivity contribution in [1.29, 1.82) is 0 Å². The summed E-state index contributed by atoms with van der Waals surface area (Å²) in [5.41, 5.74) is 0. The highest BCUT2D eigenvalue weighted by Gasteiger charge is 2.20. The fourth-order valence-electron chi connectivity index (χ4n) is 1.86. The van der Waals surface area contributed by atoms with Gasteiger partial charge in [0.15, 0.2) is 0 Å². The zero-order chi connectivity index (χ0) is 8.23. The lowest BCUT2D eigenvalue weighted by Gasteiger charge is -2.28. The van der Waals surface area contributed by atoms with Crippen LogP contribution >= 0.6 is 11.8 Å². The SMILES string of the molecule is C1CC(SCC2CCNCC2)C1. The van der Waals surface area contributed by atoms with E-state index in [1.807, 2.05) is 0 Å². The molecule has 0 atom stereocenters. The lowest BCUT2D eigenvalue weighted by molar-refractivity contribution is 0.406. The molecule has 0 unspecified atom stereocenters. The Morgan fingerprint density at radius 2 is 1.83 bits per heavy atom. The number of rotatable bonds is 3. The molecule has 2 rings (SSSR count). The van der Waals surface area contributed by atoms with Gasteiger partial charge in [-0.1, -0.05) is 6.42 Å². The van der Waals surface area contributed by atoms with Crippen molar-refractivity contribution in [3.05, 3.63) is 0 Å². The van der Waals surface area contributed by atoms with Gasteiger partial charge in [-0.2, -0.15) is 11.8 Å². The summed E-state index contributed by atoms with van der Waals surface area (Å²) < 4.78 is 0. The van der Waals surface area contributed by atoms with E-state index in [4.69, 9.17) is 0 Å². The Bertz CT molecular complexity index is 128. The van der Waals surface area contributed by atoms with E-state index in [1.165, 1.54) is 50.9 Å². The average molecular weight is 185 g/mol. The van der Waals surface area contributed by atoms with E-state index in [-0.39, 0.29) is 0 Å². The molecule has 1 saturated heterocycles. The third-order valence-corrected chi connectivity index (χ3v) is 4.69. The molecule has 0 radical (unpaired) electrons. The first-order valence-corrected chi connectivity index (χ1v) is 6.32. The Morgan fingerprint density at radius 3 is 2.42 bits per heavy atom. The highest BCUT2D eigenvalue weighted by molar-refractivity contribution is 7.99. The van der Waals surface area contributed by atoms with Gasteiger partial charge >= 0.3 is 0 Å². The summed E-state index contributed by atoms with van der Waals surface area (Å²) >= 11 is 2.24. The van der Waals surface area contributed by atoms with Crippen LogP contribution in [-0.2, 0) is 0 Å². The van der Waals surface area contributed by atoms with Gasteiger partial charge in [-0.3, -0.25) is 0 Å². The van der Waals surface area contributed by atoms with E-state index in [2.05, 4.69) is 17.1 Å². The highest BCUT2D eigenvalue weighted by atomic mass is 32.2. The van der Waals surface area contributed by atoms with Gasteiger partial charge in [-0.25, -0.2) is 0 Å². The average Bonchev–Trinajstić information content (AvgIpc) is 2.04. The summed E-state index contributed by atoms with van der Waals surface area (Å²) in [6.07, 6.45) is 7.31. The maximum atomic E-state index is 3.42. The molecule has 1 N–H and O–H groups in total. The molecule has 2 heteroatoms. The van der Waals surface area contributed by atoms with Crippen LogP contribution < -0.4 is 5.32 Å².